The first kappa shape index (κ1) is 23.4. The largest absolute Gasteiger partial charge is 0.504 e. The number of pyridine rings is 1. The van der Waals surface area contributed by atoms with E-state index < -0.39 is 6.17 Å². The first-order chi connectivity index (χ1) is 17.4. The fraction of sp³-hybridized carbons (Fsp3) is 0.107. The molecule has 36 heavy (non-hydrogen) atoms. The number of carbonyl (C=O) groups is 1. The number of nitrogens with zero attached hydrogens (tertiary/aromatic N) is 3. The lowest BCUT2D eigenvalue weighted by molar-refractivity contribution is -0.126. The Kier molecular flexibility index (Phi) is 6.31. The van der Waals surface area contributed by atoms with Gasteiger partial charge in [-0.3, -0.25) is 4.79 Å². The molecule has 1 aromatic heterocycles. The van der Waals surface area contributed by atoms with Gasteiger partial charge in [-0.15, -0.1) is 0 Å². The Labute approximate surface area is 213 Å². The van der Waals surface area contributed by atoms with Crippen LogP contribution >= 0.6 is 11.6 Å². The van der Waals surface area contributed by atoms with Crippen LogP contribution in [0.5, 0.6) is 11.5 Å². The van der Waals surface area contributed by atoms with Crippen LogP contribution in [0.2, 0.25) is 5.15 Å². The maximum Gasteiger partial charge on any atom is 0.292 e. The van der Waals surface area contributed by atoms with E-state index in [0.29, 0.717) is 27.7 Å². The molecule has 180 valence electrons. The standard InChI is InChI=1S/C28H23ClN4O3/c1-17-8-10-22-20(12-17)15-21(26(29)31-22)16-30-33-27(19-6-4-3-5-7-19)32-23(28(33)35)13-18-9-11-24(34)25(14-18)36-2/h3-16,27,32,34H,1-2H3. The second-order valence-corrected chi connectivity index (χ2v) is 8.76. The van der Waals surface area contributed by atoms with E-state index in [-0.39, 0.29) is 11.7 Å². The number of benzene rings is 3. The molecule has 0 bridgehead atoms. The summed E-state index contributed by atoms with van der Waals surface area (Å²) >= 11 is 6.43. The van der Waals surface area contributed by atoms with Crippen molar-refractivity contribution in [3.05, 3.63) is 106 Å². The average molecular weight is 499 g/mol. The molecule has 1 unspecified atom stereocenters. The van der Waals surface area contributed by atoms with Crippen LogP contribution in [0, 0.1) is 6.92 Å². The van der Waals surface area contributed by atoms with Crippen LogP contribution in [-0.2, 0) is 4.79 Å². The van der Waals surface area contributed by atoms with E-state index in [9.17, 15) is 9.90 Å². The number of aromatic nitrogens is 1. The van der Waals surface area contributed by atoms with Crippen molar-refractivity contribution in [1.82, 2.24) is 15.3 Å². The molecule has 0 spiro atoms. The molecule has 8 heteroatoms. The molecule has 1 atom stereocenters. The fourth-order valence-corrected chi connectivity index (χ4v) is 4.24. The maximum absolute atomic E-state index is 13.4. The summed E-state index contributed by atoms with van der Waals surface area (Å²) in [6, 6.07) is 22.3. The highest BCUT2D eigenvalue weighted by Gasteiger charge is 2.36. The minimum absolute atomic E-state index is 0.0230. The van der Waals surface area contributed by atoms with Gasteiger partial charge in [0.1, 0.15) is 10.9 Å². The summed E-state index contributed by atoms with van der Waals surface area (Å²) in [5.41, 5.74) is 4.42. The fourth-order valence-electron chi connectivity index (χ4n) is 4.05. The first-order valence-electron chi connectivity index (χ1n) is 11.3. The molecule has 1 aliphatic rings. The molecule has 3 aromatic carbocycles. The van der Waals surface area contributed by atoms with Crippen LogP contribution in [0.15, 0.2) is 83.6 Å². The summed E-state index contributed by atoms with van der Waals surface area (Å²) in [5.74, 6) is 0.0284. The van der Waals surface area contributed by atoms with Crippen LogP contribution in [0.3, 0.4) is 0 Å². The van der Waals surface area contributed by atoms with Crippen molar-refractivity contribution in [2.75, 3.05) is 7.11 Å². The zero-order valence-corrected chi connectivity index (χ0v) is 20.4. The van der Waals surface area contributed by atoms with E-state index >= 15 is 0 Å². The molecule has 1 fully saturated rings. The predicted molar refractivity (Wildman–Crippen MR) is 141 cm³/mol. The zero-order chi connectivity index (χ0) is 25.2. The lowest BCUT2D eigenvalue weighted by Crippen LogP contribution is -2.25. The van der Waals surface area contributed by atoms with Gasteiger partial charge in [-0.25, -0.2) is 9.99 Å². The van der Waals surface area contributed by atoms with Gasteiger partial charge >= 0.3 is 0 Å². The highest BCUT2D eigenvalue weighted by Crippen LogP contribution is 2.31. The number of carbonyl (C=O) groups excluding carboxylic acids is 1. The Bertz CT molecular complexity index is 1520. The quantitative estimate of drug-likeness (QED) is 0.218. The number of phenolic OH excluding ortho intramolecular Hbond substituents is 1. The lowest BCUT2D eigenvalue weighted by atomic mass is 10.1. The molecule has 1 amide bonds. The smallest absolute Gasteiger partial charge is 0.292 e. The predicted octanol–water partition coefficient (Wildman–Crippen LogP) is 5.42. The number of rotatable bonds is 5. The topological polar surface area (TPSA) is 87.0 Å². The number of fused-ring (bicyclic) bond motifs is 1. The number of aryl methyl sites for hydroxylation is 1. The zero-order valence-electron chi connectivity index (χ0n) is 19.6. The van der Waals surface area contributed by atoms with E-state index in [0.717, 1.165) is 22.0 Å². The molecule has 1 aliphatic heterocycles. The van der Waals surface area contributed by atoms with Crippen LogP contribution in [0.4, 0.5) is 0 Å². The minimum atomic E-state index is -0.519. The highest BCUT2D eigenvalue weighted by atomic mass is 35.5. The number of phenols is 1. The van der Waals surface area contributed by atoms with E-state index in [2.05, 4.69) is 15.4 Å². The van der Waals surface area contributed by atoms with Crippen molar-refractivity contribution < 1.29 is 14.6 Å². The minimum Gasteiger partial charge on any atom is -0.504 e. The van der Waals surface area contributed by atoms with Gasteiger partial charge in [-0.1, -0.05) is 59.6 Å². The van der Waals surface area contributed by atoms with Gasteiger partial charge in [-0.05, 0) is 54.5 Å². The van der Waals surface area contributed by atoms with Gasteiger partial charge in [-0.2, -0.15) is 5.10 Å². The average Bonchev–Trinajstić information content (AvgIpc) is 3.19. The Morgan fingerprint density at radius 3 is 2.69 bits per heavy atom. The van der Waals surface area contributed by atoms with E-state index in [4.69, 9.17) is 16.3 Å². The highest BCUT2D eigenvalue weighted by molar-refractivity contribution is 6.32. The van der Waals surface area contributed by atoms with Crippen LogP contribution in [-0.4, -0.2) is 34.3 Å². The van der Waals surface area contributed by atoms with Crippen molar-refractivity contribution in [3.8, 4) is 11.5 Å². The van der Waals surface area contributed by atoms with Crippen molar-refractivity contribution in [2.24, 2.45) is 5.10 Å². The Hall–Kier alpha value is -4.36. The van der Waals surface area contributed by atoms with Crippen molar-refractivity contribution >= 4 is 40.7 Å². The summed E-state index contributed by atoms with van der Waals surface area (Å²) in [7, 11) is 1.47. The normalized spacial score (nSPS) is 16.8. The molecular weight excluding hydrogens is 476 g/mol. The molecule has 2 heterocycles. The molecule has 5 rings (SSSR count). The third kappa shape index (κ3) is 4.61. The van der Waals surface area contributed by atoms with E-state index in [1.54, 1.807) is 24.4 Å². The Balaban J connectivity index is 1.52. The molecule has 0 aliphatic carbocycles. The molecule has 1 saturated heterocycles. The number of hydrazone groups is 1. The van der Waals surface area contributed by atoms with Crippen LogP contribution < -0.4 is 10.1 Å². The summed E-state index contributed by atoms with van der Waals surface area (Å²) < 4.78 is 5.19. The SMILES string of the molecule is COc1cc(C=C2NC(c3ccccc3)N(N=Cc3cc4cc(C)ccc4nc3Cl)C2=O)ccc1O. The number of nitrogens with one attached hydrogen (secondary N) is 1. The van der Waals surface area contributed by atoms with Crippen molar-refractivity contribution in [1.29, 1.82) is 0 Å². The molecule has 7 nitrogen and oxygen atoms in total. The monoisotopic (exact) mass is 498 g/mol. The number of methoxy groups -OCH3 is 1. The van der Waals surface area contributed by atoms with Crippen molar-refractivity contribution in [3.63, 3.8) is 0 Å². The number of amides is 1. The van der Waals surface area contributed by atoms with E-state index in [1.807, 2.05) is 61.5 Å². The lowest BCUT2D eigenvalue weighted by Gasteiger charge is -2.19. The number of halogens is 1. The second kappa shape index (κ2) is 9.71. The van der Waals surface area contributed by atoms with Crippen molar-refractivity contribution in [2.45, 2.75) is 13.1 Å². The summed E-state index contributed by atoms with van der Waals surface area (Å²) in [6.07, 6.45) is 2.73. The van der Waals surface area contributed by atoms with Gasteiger partial charge in [0.2, 0.25) is 0 Å². The Morgan fingerprint density at radius 2 is 1.92 bits per heavy atom. The first-order valence-corrected chi connectivity index (χ1v) is 11.7. The number of ether oxygens (including phenoxy) is 1. The number of hydrogen-bond donors (Lipinski definition) is 2. The molecular formula is C28H23ClN4O3. The van der Waals surface area contributed by atoms with Gasteiger partial charge < -0.3 is 15.2 Å². The third-order valence-electron chi connectivity index (χ3n) is 5.88. The molecule has 4 aromatic rings. The van der Waals surface area contributed by atoms with Gasteiger partial charge in [0.15, 0.2) is 17.7 Å². The summed E-state index contributed by atoms with van der Waals surface area (Å²) in [6.45, 7) is 2.01. The van der Waals surface area contributed by atoms with Gasteiger partial charge in [0.05, 0.1) is 18.8 Å². The van der Waals surface area contributed by atoms with Crippen LogP contribution in [0.1, 0.15) is 28.4 Å². The summed E-state index contributed by atoms with van der Waals surface area (Å²) in [4.78, 5) is 17.9. The molecule has 2 N–H and O–H groups in total. The van der Waals surface area contributed by atoms with Gasteiger partial charge in [0.25, 0.3) is 5.91 Å². The van der Waals surface area contributed by atoms with Crippen LogP contribution in [0.25, 0.3) is 17.0 Å². The van der Waals surface area contributed by atoms with E-state index in [1.165, 1.54) is 18.2 Å². The number of hydrogen-bond acceptors (Lipinski definition) is 6. The van der Waals surface area contributed by atoms with Gasteiger partial charge in [0, 0.05) is 10.9 Å². The number of aromatic hydroxyl groups is 1. The summed E-state index contributed by atoms with van der Waals surface area (Å²) in [5, 5.41) is 20.3. The third-order valence-corrected chi connectivity index (χ3v) is 6.18. The molecule has 0 radical (unpaired) electrons. The Morgan fingerprint density at radius 1 is 1.11 bits per heavy atom. The maximum atomic E-state index is 13.4. The second-order valence-electron chi connectivity index (χ2n) is 8.41. The molecule has 0 saturated carbocycles.